The van der Waals surface area contributed by atoms with Crippen LogP contribution in [0.1, 0.15) is 39.2 Å². The highest BCUT2D eigenvalue weighted by Crippen LogP contribution is 2.30. The van der Waals surface area contributed by atoms with Crippen LogP contribution < -0.4 is 5.32 Å². The lowest BCUT2D eigenvalue weighted by Crippen LogP contribution is -2.15. The largest absolute Gasteiger partial charge is 0.464 e. The second kappa shape index (κ2) is 8.26. The van der Waals surface area contributed by atoms with Crippen LogP contribution in [0, 0.1) is 13.8 Å². The zero-order valence-electron chi connectivity index (χ0n) is 18.6. The summed E-state index contributed by atoms with van der Waals surface area (Å²) in [5.41, 5.74) is 4.81. The first kappa shape index (κ1) is 21.2. The van der Waals surface area contributed by atoms with Gasteiger partial charge in [0.25, 0.3) is 5.91 Å². The fraction of sp³-hybridized carbons (Fsp3) is 0.261. The van der Waals surface area contributed by atoms with Gasteiger partial charge in [0.05, 0.1) is 35.3 Å². The van der Waals surface area contributed by atoms with Crippen molar-refractivity contribution >= 4 is 28.5 Å². The number of carbonyl (C=O) groups excluding carboxylic acids is 2. The van der Waals surface area contributed by atoms with Crippen molar-refractivity contribution in [3.05, 3.63) is 59.2 Å². The van der Waals surface area contributed by atoms with Gasteiger partial charge in [0.2, 0.25) is 0 Å². The maximum Gasteiger partial charge on any atom is 0.360 e. The Balaban J connectivity index is 1.83. The van der Waals surface area contributed by atoms with Gasteiger partial charge in [-0.05, 0) is 32.9 Å². The Morgan fingerprint density at radius 2 is 1.91 bits per heavy atom. The number of hydrogen-bond donors (Lipinski definition) is 1. The predicted octanol–water partition coefficient (Wildman–Crippen LogP) is 3.51. The van der Waals surface area contributed by atoms with Gasteiger partial charge in [-0.2, -0.15) is 10.2 Å². The standard InChI is InChI=1S/C23H24N6O3/c1-6-29-12-19(21(27-29)23(31)32-5)25-22(30)16-11-18(20-13(2)26-28(4)14(20)3)24-17-10-8-7-9-15(16)17/h7-12H,6H2,1-5H3,(H,25,30). The molecule has 0 bridgehead atoms. The van der Waals surface area contributed by atoms with Crippen LogP contribution in [0.4, 0.5) is 5.69 Å². The van der Waals surface area contributed by atoms with E-state index < -0.39 is 5.97 Å². The number of hydrogen-bond acceptors (Lipinski definition) is 6. The summed E-state index contributed by atoms with van der Waals surface area (Å²) in [6.07, 6.45) is 1.61. The third-order valence-electron chi connectivity index (χ3n) is 5.44. The van der Waals surface area contributed by atoms with Gasteiger partial charge >= 0.3 is 5.97 Å². The molecule has 0 radical (unpaired) electrons. The molecule has 32 heavy (non-hydrogen) atoms. The first-order chi connectivity index (χ1) is 15.3. The third-order valence-corrected chi connectivity index (χ3v) is 5.44. The molecule has 4 aromatic rings. The van der Waals surface area contributed by atoms with Crippen molar-refractivity contribution < 1.29 is 14.3 Å². The Kier molecular flexibility index (Phi) is 5.48. The van der Waals surface area contributed by atoms with Gasteiger partial charge in [0.15, 0.2) is 5.69 Å². The lowest BCUT2D eigenvalue weighted by Gasteiger charge is -2.11. The normalized spacial score (nSPS) is 11.0. The number of rotatable bonds is 5. The molecular formula is C23H24N6O3. The van der Waals surface area contributed by atoms with Crippen molar-refractivity contribution in [2.75, 3.05) is 12.4 Å². The molecule has 0 aliphatic heterocycles. The molecule has 3 aromatic heterocycles. The summed E-state index contributed by atoms with van der Waals surface area (Å²) in [6.45, 7) is 6.32. The van der Waals surface area contributed by atoms with Crippen LogP contribution >= 0.6 is 0 Å². The second-order valence-electron chi connectivity index (χ2n) is 7.43. The highest BCUT2D eigenvalue weighted by molar-refractivity contribution is 6.14. The number of ether oxygens (including phenoxy) is 1. The Bertz CT molecular complexity index is 1350. The van der Waals surface area contributed by atoms with E-state index in [1.165, 1.54) is 7.11 Å². The van der Waals surface area contributed by atoms with E-state index in [1.54, 1.807) is 21.6 Å². The summed E-state index contributed by atoms with van der Waals surface area (Å²) >= 11 is 0. The SMILES string of the molecule is CCn1cc(NC(=O)c2cc(-c3c(C)nn(C)c3C)nc3ccccc23)c(C(=O)OC)n1. The van der Waals surface area contributed by atoms with Crippen LogP contribution in [-0.4, -0.2) is 43.5 Å². The van der Waals surface area contributed by atoms with Crippen molar-refractivity contribution in [2.45, 2.75) is 27.3 Å². The lowest BCUT2D eigenvalue weighted by atomic mass is 10.0. The zero-order valence-corrected chi connectivity index (χ0v) is 18.6. The Morgan fingerprint density at radius 3 is 2.56 bits per heavy atom. The minimum absolute atomic E-state index is 0.0558. The number of carbonyl (C=O) groups is 2. The maximum atomic E-state index is 13.4. The summed E-state index contributed by atoms with van der Waals surface area (Å²) in [4.78, 5) is 30.3. The van der Waals surface area contributed by atoms with Crippen LogP contribution in [0.3, 0.4) is 0 Å². The highest BCUT2D eigenvalue weighted by atomic mass is 16.5. The van der Waals surface area contributed by atoms with E-state index in [4.69, 9.17) is 9.72 Å². The molecule has 0 saturated carbocycles. The van der Waals surface area contributed by atoms with Crippen LogP contribution in [0.5, 0.6) is 0 Å². The van der Waals surface area contributed by atoms with E-state index in [9.17, 15) is 9.59 Å². The number of methoxy groups -OCH3 is 1. The summed E-state index contributed by atoms with van der Waals surface area (Å²) in [7, 11) is 3.15. The number of amides is 1. The second-order valence-corrected chi connectivity index (χ2v) is 7.43. The predicted molar refractivity (Wildman–Crippen MR) is 121 cm³/mol. The number of pyridine rings is 1. The molecule has 4 rings (SSSR count). The molecule has 164 valence electrons. The summed E-state index contributed by atoms with van der Waals surface area (Å²) in [6, 6.07) is 9.21. The molecule has 9 nitrogen and oxygen atoms in total. The third kappa shape index (κ3) is 3.62. The minimum Gasteiger partial charge on any atom is -0.464 e. The topological polar surface area (TPSA) is 104 Å². The fourth-order valence-electron chi connectivity index (χ4n) is 3.75. The van der Waals surface area contributed by atoms with Gasteiger partial charge < -0.3 is 10.1 Å². The number of para-hydroxylation sites is 1. The molecule has 1 aromatic carbocycles. The van der Waals surface area contributed by atoms with E-state index >= 15 is 0 Å². The molecular weight excluding hydrogens is 408 g/mol. The summed E-state index contributed by atoms with van der Waals surface area (Å²) in [5.74, 6) is -0.987. The number of aryl methyl sites for hydroxylation is 3. The number of esters is 1. The number of benzene rings is 1. The zero-order chi connectivity index (χ0) is 23.0. The number of nitrogens with zero attached hydrogens (tertiary/aromatic N) is 5. The van der Waals surface area contributed by atoms with Gasteiger partial charge in [-0.1, -0.05) is 18.2 Å². The molecule has 0 aliphatic carbocycles. The summed E-state index contributed by atoms with van der Waals surface area (Å²) < 4.78 is 8.18. The molecule has 1 amide bonds. The van der Waals surface area contributed by atoms with Gasteiger partial charge in [-0.3, -0.25) is 14.2 Å². The molecule has 9 heteroatoms. The molecule has 1 N–H and O–H groups in total. The number of nitrogens with one attached hydrogen (secondary N) is 1. The molecule has 0 saturated heterocycles. The molecule has 3 heterocycles. The van der Waals surface area contributed by atoms with Crippen molar-refractivity contribution in [2.24, 2.45) is 7.05 Å². The van der Waals surface area contributed by atoms with Crippen molar-refractivity contribution in [1.82, 2.24) is 24.5 Å². The Morgan fingerprint density at radius 1 is 1.16 bits per heavy atom. The minimum atomic E-state index is -0.616. The van der Waals surface area contributed by atoms with Crippen LogP contribution in [0.2, 0.25) is 0 Å². The molecule has 0 atom stereocenters. The van der Waals surface area contributed by atoms with Crippen LogP contribution in [0.15, 0.2) is 36.5 Å². The van der Waals surface area contributed by atoms with Gasteiger partial charge in [-0.15, -0.1) is 0 Å². The average molecular weight is 432 g/mol. The first-order valence-electron chi connectivity index (χ1n) is 10.2. The van der Waals surface area contributed by atoms with Gasteiger partial charge in [-0.25, -0.2) is 9.78 Å². The van der Waals surface area contributed by atoms with Crippen molar-refractivity contribution in [3.8, 4) is 11.3 Å². The average Bonchev–Trinajstić information content (AvgIpc) is 3.31. The number of fused-ring (bicyclic) bond motifs is 1. The fourth-order valence-corrected chi connectivity index (χ4v) is 3.75. The van der Waals surface area contributed by atoms with Gasteiger partial charge in [0.1, 0.15) is 0 Å². The first-order valence-corrected chi connectivity index (χ1v) is 10.2. The number of anilines is 1. The van der Waals surface area contributed by atoms with Gasteiger partial charge in [0, 0.05) is 36.4 Å². The molecule has 0 spiro atoms. The van der Waals surface area contributed by atoms with Crippen molar-refractivity contribution in [1.29, 1.82) is 0 Å². The van der Waals surface area contributed by atoms with E-state index in [2.05, 4.69) is 15.5 Å². The van der Waals surface area contributed by atoms with Crippen LogP contribution in [0.25, 0.3) is 22.2 Å². The highest BCUT2D eigenvalue weighted by Gasteiger charge is 2.22. The molecule has 0 unspecified atom stereocenters. The van der Waals surface area contributed by atoms with E-state index in [1.807, 2.05) is 52.1 Å². The quantitative estimate of drug-likeness (QED) is 0.484. The van der Waals surface area contributed by atoms with E-state index in [-0.39, 0.29) is 11.6 Å². The maximum absolute atomic E-state index is 13.4. The summed E-state index contributed by atoms with van der Waals surface area (Å²) in [5, 5.41) is 12.2. The smallest absolute Gasteiger partial charge is 0.360 e. The number of aromatic nitrogens is 5. The Hall–Kier alpha value is -4.01. The Labute approximate surface area is 185 Å². The lowest BCUT2D eigenvalue weighted by molar-refractivity contribution is 0.0594. The molecule has 0 aliphatic rings. The monoisotopic (exact) mass is 432 g/mol. The van der Waals surface area contributed by atoms with Crippen molar-refractivity contribution in [3.63, 3.8) is 0 Å². The van der Waals surface area contributed by atoms with E-state index in [0.717, 1.165) is 17.0 Å². The van der Waals surface area contributed by atoms with E-state index in [0.29, 0.717) is 34.4 Å². The molecule has 0 fully saturated rings. The van der Waals surface area contributed by atoms with Crippen LogP contribution in [-0.2, 0) is 18.3 Å².